The molecule has 7 heteroatoms. The van der Waals surface area contributed by atoms with Gasteiger partial charge < -0.3 is 29.5 Å². The molecule has 0 heterocycles. The van der Waals surface area contributed by atoms with Gasteiger partial charge in [0.1, 0.15) is 12.4 Å². The summed E-state index contributed by atoms with van der Waals surface area (Å²) in [5, 5.41) is 25.1. The lowest BCUT2D eigenvalue weighted by Gasteiger charge is -2.17. The highest BCUT2D eigenvalue weighted by atomic mass is 16.7. The Labute approximate surface area is 129 Å². The van der Waals surface area contributed by atoms with E-state index in [9.17, 15) is 4.79 Å². The summed E-state index contributed by atoms with van der Waals surface area (Å²) >= 11 is 0. The van der Waals surface area contributed by atoms with E-state index in [0.29, 0.717) is 19.0 Å². The number of carboxylic acids is 1. The lowest BCUT2D eigenvalue weighted by molar-refractivity contribution is -0.131. The van der Waals surface area contributed by atoms with Gasteiger partial charge in [0.25, 0.3) is 0 Å². The number of benzene rings is 1. The maximum atomic E-state index is 9.25. The topological polar surface area (TPSA) is 105 Å². The largest absolute Gasteiger partial charge is 0.478 e. The van der Waals surface area contributed by atoms with Gasteiger partial charge in [0.2, 0.25) is 6.29 Å². The number of hydrogen-bond donors (Lipinski definition) is 3. The Kier molecular flexibility index (Phi) is 12.8. The lowest BCUT2D eigenvalue weighted by Crippen LogP contribution is -2.26. The Morgan fingerprint density at radius 1 is 1.18 bits per heavy atom. The smallest absolute Gasteiger partial charge is 0.327 e. The van der Waals surface area contributed by atoms with Crippen LogP contribution in [0.5, 0.6) is 5.75 Å². The first-order chi connectivity index (χ1) is 10.6. The van der Waals surface area contributed by atoms with Crippen LogP contribution in [-0.4, -0.2) is 60.6 Å². The molecule has 0 fully saturated rings. The molecule has 0 aliphatic carbocycles. The number of ether oxygens (including phenoxy) is 3. The predicted octanol–water partition coefficient (Wildman–Crippen LogP) is 0.666. The van der Waals surface area contributed by atoms with Crippen LogP contribution in [0.4, 0.5) is 0 Å². The van der Waals surface area contributed by atoms with Gasteiger partial charge in [-0.3, -0.25) is 0 Å². The average Bonchev–Trinajstić information content (AvgIpc) is 2.55. The van der Waals surface area contributed by atoms with Crippen LogP contribution in [0.25, 0.3) is 0 Å². The summed E-state index contributed by atoms with van der Waals surface area (Å²) in [5.74, 6) is -0.340. The summed E-state index contributed by atoms with van der Waals surface area (Å²) in [5.41, 5.74) is 0. The first-order valence-electron chi connectivity index (χ1n) is 6.62. The SMILES string of the molecule is C=CC(=O)O.OCCOCCOC(CO)Oc1ccccc1. The summed E-state index contributed by atoms with van der Waals surface area (Å²) in [6, 6.07) is 9.13. The molecule has 1 aromatic rings. The molecule has 1 unspecified atom stereocenters. The molecule has 1 aromatic carbocycles. The summed E-state index contributed by atoms with van der Waals surface area (Å²) in [6.45, 7) is 3.67. The van der Waals surface area contributed by atoms with Gasteiger partial charge in [-0.15, -0.1) is 0 Å². The Balaban J connectivity index is 0.000000763. The monoisotopic (exact) mass is 314 g/mol. The minimum absolute atomic E-state index is 0.00998. The highest BCUT2D eigenvalue weighted by Crippen LogP contribution is 2.11. The molecule has 0 bridgehead atoms. The fourth-order valence-corrected chi connectivity index (χ4v) is 1.18. The van der Waals surface area contributed by atoms with Gasteiger partial charge in [0.05, 0.1) is 26.4 Å². The number of aliphatic carboxylic acids is 1. The second-order valence-electron chi connectivity index (χ2n) is 3.79. The summed E-state index contributed by atoms with van der Waals surface area (Å²) in [6.07, 6.45) is 0.134. The quantitative estimate of drug-likeness (QED) is 0.331. The van der Waals surface area contributed by atoms with Crippen molar-refractivity contribution in [3.8, 4) is 5.75 Å². The number of hydrogen-bond acceptors (Lipinski definition) is 6. The van der Waals surface area contributed by atoms with Crippen molar-refractivity contribution in [1.29, 1.82) is 0 Å². The van der Waals surface area contributed by atoms with Gasteiger partial charge in [-0.05, 0) is 12.1 Å². The Bertz CT molecular complexity index is 394. The van der Waals surface area contributed by atoms with E-state index in [1.54, 1.807) is 12.1 Å². The van der Waals surface area contributed by atoms with Crippen LogP contribution in [0, 0.1) is 0 Å². The van der Waals surface area contributed by atoms with Crippen LogP contribution in [0.1, 0.15) is 0 Å². The van der Waals surface area contributed by atoms with Crippen LogP contribution >= 0.6 is 0 Å². The van der Waals surface area contributed by atoms with Gasteiger partial charge in [-0.1, -0.05) is 24.8 Å². The van der Waals surface area contributed by atoms with Crippen molar-refractivity contribution in [3.63, 3.8) is 0 Å². The second-order valence-corrected chi connectivity index (χ2v) is 3.79. The first kappa shape index (κ1) is 20.1. The minimum atomic E-state index is -0.981. The first-order valence-corrected chi connectivity index (χ1v) is 6.62. The molecule has 0 saturated heterocycles. The van der Waals surface area contributed by atoms with Crippen molar-refractivity contribution in [2.24, 2.45) is 0 Å². The predicted molar refractivity (Wildman–Crippen MR) is 79.6 cm³/mol. The van der Waals surface area contributed by atoms with Crippen molar-refractivity contribution in [2.45, 2.75) is 6.29 Å². The van der Waals surface area contributed by atoms with E-state index in [-0.39, 0.29) is 19.8 Å². The number of carboxylic acid groups (broad SMARTS) is 1. The molecule has 3 N–H and O–H groups in total. The molecule has 0 aromatic heterocycles. The molecule has 0 aliphatic heterocycles. The molecule has 7 nitrogen and oxygen atoms in total. The van der Waals surface area contributed by atoms with E-state index in [1.807, 2.05) is 18.2 Å². The summed E-state index contributed by atoms with van der Waals surface area (Å²) < 4.78 is 15.7. The third-order valence-corrected chi connectivity index (χ3v) is 2.10. The average molecular weight is 314 g/mol. The van der Waals surface area contributed by atoms with E-state index in [0.717, 1.165) is 6.08 Å². The Morgan fingerprint density at radius 2 is 1.82 bits per heavy atom. The molecule has 0 spiro atoms. The maximum absolute atomic E-state index is 9.25. The minimum Gasteiger partial charge on any atom is -0.478 e. The van der Waals surface area contributed by atoms with E-state index in [4.69, 9.17) is 29.5 Å². The molecule has 0 radical (unpaired) electrons. The standard InChI is InChI=1S/C12H18O5.C3H4O2/c13-6-7-15-8-9-16-12(10-14)17-11-4-2-1-3-5-11;1-2-3(4)5/h1-5,12-14H,6-10H2;2H,1H2,(H,4,5). The lowest BCUT2D eigenvalue weighted by atomic mass is 10.3. The zero-order chi connectivity index (χ0) is 16.6. The fourth-order valence-electron chi connectivity index (χ4n) is 1.18. The molecule has 1 rings (SSSR count). The van der Waals surface area contributed by atoms with Crippen LogP contribution in [0.15, 0.2) is 43.0 Å². The number of carbonyl (C=O) groups is 1. The Morgan fingerprint density at radius 3 is 2.32 bits per heavy atom. The van der Waals surface area contributed by atoms with Crippen LogP contribution in [0.2, 0.25) is 0 Å². The van der Waals surface area contributed by atoms with E-state index >= 15 is 0 Å². The molecule has 22 heavy (non-hydrogen) atoms. The number of para-hydroxylation sites is 1. The molecule has 0 amide bonds. The molecule has 0 saturated carbocycles. The zero-order valence-corrected chi connectivity index (χ0v) is 12.3. The van der Waals surface area contributed by atoms with E-state index < -0.39 is 12.3 Å². The molecule has 1 atom stereocenters. The van der Waals surface area contributed by atoms with E-state index in [2.05, 4.69) is 6.58 Å². The zero-order valence-electron chi connectivity index (χ0n) is 12.3. The van der Waals surface area contributed by atoms with Crippen molar-refractivity contribution in [1.82, 2.24) is 0 Å². The van der Waals surface area contributed by atoms with Crippen molar-refractivity contribution >= 4 is 5.97 Å². The third kappa shape index (κ3) is 11.9. The third-order valence-electron chi connectivity index (χ3n) is 2.10. The van der Waals surface area contributed by atoms with Crippen LogP contribution in [-0.2, 0) is 14.3 Å². The highest BCUT2D eigenvalue weighted by molar-refractivity contribution is 5.78. The molecular formula is C15H22O7. The maximum Gasteiger partial charge on any atom is 0.327 e. The highest BCUT2D eigenvalue weighted by Gasteiger charge is 2.08. The normalized spacial score (nSPS) is 11.0. The fraction of sp³-hybridized carbons (Fsp3) is 0.400. The van der Waals surface area contributed by atoms with Crippen molar-refractivity contribution < 1.29 is 34.3 Å². The van der Waals surface area contributed by atoms with Gasteiger partial charge in [0, 0.05) is 6.08 Å². The van der Waals surface area contributed by atoms with E-state index in [1.165, 1.54) is 0 Å². The van der Waals surface area contributed by atoms with Crippen LogP contribution < -0.4 is 4.74 Å². The number of aliphatic hydroxyl groups excluding tert-OH is 2. The van der Waals surface area contributed by atoms with Crippen molar-refractivity contribution in [2.75, 3.05) is 33.0 Å². The van der Waals surface area contributed by atoms with Crippen molar-refractivity contribution in [3.05, 3.63) is 43.0 Å². The Hall–Kier alpha value is -1.93. The summed E-state index contributed by atoms with van der Waals surface area (Å²) in [7, 11) is 0. The number of rotatable bonds is 10. The van der Waals surface area contributed by atoms with Gasteiger partial charge in [0.15, 0.2) is 0 Å². The summed E-state index contributed by atoms with van der Waals surface area (Å²) in [4.78, 5) is 9.25. The molecule has 124 valence electrons. The van der Waals surface area contributed by atoms with Gasteiger partial charge >= 0.3 is 5.97 Å². The molecular weight excluding hydrogens is 292 g/mol. The molecule has 0 aliphatic rings. The van der Waals surface area contributed by atoms with Gasteiger partial charge in [-0.25, -0.2) is 4.79 Å². The second kappa shape index (κ2) is 14.0. The van der Waals surface area contributed by atoms with Crippen LogP contribution in [0.3, 0.4) is 0 Å². The number of aliphatic hydroxyl groups is 2. The van der Waals surface area contributed by atoms with Gasteiger partial charge in [-0.2, -0.15) is 0 Å².